The molecule has 0 saturated carbocycles. The number of sulfonamides is 1. The molecule has 0 unspecified atom stereocenters. The number of amides is 1. The van der Waals surface area contributed by atoms with Gasteiger partial charge in [-0.05, 0) is 41.3 Å². The van der Waals surface area contributed by atoms with E-state index < -0.39 is 15.9 Å². The molecule has 4 rings (SSSR count). The van der Waals surface area contributed by atoms with Crippen LogP contribution in [0.4, 0.5) is 5.69 Å². The van der Waals surface area contributed by atoms with Crippen LogP contribution in [0.25, 0.3) is 10.8 Å². The Bertz CT molecular complexity index is 1350. The number of anilines is 1. The van der Waals surface area contributed by atoms with Gasteiger partial charge in [-0.15, -0.1) is 0 Å². The van der Waals surface area contributed by atoms with Crippen LogP contribution in [0.15, 0.2) is 102 Å². The van der Waals surface area contributed by atoms with E-state index in [2.05, 4.69) is 5.32 Å². The number of ether oxygens (including phenoxy) is 1. The molecule has 0 atom stereocenters. The van der Waals surface area contributed by atoms with Gasteiger partial charge in [0.25, 0.3) is 0 Å². The summed E-state index contributed by atoms with van der Waals surface area (Å²) in [7, 11) is -2.42. The molecule has 7 heteroatoms. The van der Waals surface area contributed by atoms with Crippen molar-refractivity contribution >= 4 is 32.4 Å². The molecule has 1 amide bonds. The Morgan fingerprint density at radius 1 is 0.848 bits per heavy atom. The van der Waals surface area contributed by atoms with Gasteiger partial charge in [0.05, 0.1) is 18.6 Å². The highest BCUT2D eigenvalue weighted by atomic mass is 32.2. The van der Waals surface area contributed by atoms with Crippen molar-refractivity contribution in [2.24, 2.45) is 0 Å². The van der Waals surface area contributed by atoms with Crippen LogP contribution >= 0.6 is 0 Å². The molecule has 0 radical (unpaired) electrons. The quantitative estimate of drug-likeness (QED) is 0.414. The molecule has 0 saturated heterocycles. The van der Waals surface area contributed by atoms with Crippen molar-refractivity contribution in [3.63, 3.8) is 0 Å². The number of fused-ring (bicyclic) bond motifs is 1. The Morgan fingerprint density at radius 3 is 2.24 bits per heavy atom. The summed E-state index contributed by atoms with van der Waals surface area (Å²) in [6, 6.07) is 28.7. The van der Waals surface area contributed by atoms with E-state index in [9.17, 15) is 13.2 Å². The molecule has 6 nitrogen and oxygen atoms in total. The molecule has 0 aromatic heterocycles. The minimum Gasteiger partial charge on any atom is -0.497 e. The van der Waals surface area contributed by atoms with Crippen LogP contribution in [0.3, 0.4) is 0 Å². The van der Waals surface area contributed by atoms with Gasteiger partial charge >= 0.3 is 0 Å². The Hall–Kier alpha value is -3.68. The van der Waals surface area contributed by atoms with E-state index in [0.29, 0.717) is 11.4 Å². The Labute approximate surface area is 193 Å². The van der Waals surface area contributed by atoms with Crippen LogP contribution in [0.2, 0.25) is 0 Å². The van der Waals surface area contributed by atoms with E-state index >= 15 is 0 Å². The number of nitrogens with zero attached hydrogens (tertiary/aromatic N) is 1. The van der Waals surface area contributed by atoms with Gasteiger partial charge < -0.3 is 10.1 Å². The van der Waals surface area contributed by atoms with Crippen LogP contribution in [0.1, 0.15) is 5.56 Å². The molecule has 0 aliphatic rings. The van der Waals surface area contributed by atoms with Crippen LogP contribution < -0.4 is 10.1 Å². The number of benzene rings is 4. The zero-order valence-electron chi connectivity index (χ0n) is 18.1. The molecule has 4 aromatic rings. The SMILES string of the molecule is COc1ccc(S(=O)(=O)N(CC(=O)Nc2cccc3ccccc23)Cc2ccccc2)cc1. The number of nitrogens with one attached hydrogen (secondary N) is 1. The third-order valence-electron chi connectivity index (χ3n) is 5.28. The highest BCUT2D eigenvalue weighted by Crippen LogP contribution is 2.24. The molecular weight excluding hydrogens is 436 g/mol. The minimum absolute atomic E-state index is 0.0676. The van der Waals surface area contributed by atoms with Gasteiger partial charge in [0.15, 0.2) is 0 Å². The van der Waals surface area contributed by atoms with Crippen molar-refractivity contribution in [2.45, 2.75) is 11.4 Å². The third-order valence-corrected chi connectivity index (χ3v) is 7.09. The van der Waals surface area contributed by atoms with Gasteiger partial charge in [0.1, 0.15) is 5.75 Å². The van der Waals surface area contributed by atoms with Gasteiger partial charge in [-0.2, -0.15) is 4.31 Å². The van der Waals surface area contributed by atoms with E-state index in [4.69, 9.17) is 4.74 Å². The first kappa shape index (κ1) is 22.5. The molecule has 1 N–H and O–H groups in total. The molecule has 33 heavy (non-hydrogen) atoms. The van der Waals surface area contributed by atoms with E-state index in [1.165, 1.54) is 23.5 Å². The van der Waals surface area contributed by atoms with Crippen LogP contribution in [0.5, 0.6) is 5.75 Å². The Balaban J connectivity index is 1.62. The summed E-state index contributed by atoms with van der Waals surface area (Å²) in [5.74, 6) is 0.136. The van der Waals surface area contributed by atoms with E-state index in [1.807, 2.05) is 66.7 Å². The maximum Gasteiger partial charge on any atom is 0.243 e. The fourth-order valence-electron chi connectivity index (χ4n) is 3.59. The van der Waals surface area contributed by atoms with Gasteiger partial charge in [-0.1, -0.05) is 66.7 Å². The molecule has 0 fully saturated rings. The first-order chi connectivity index (χ1) is 16.0. The summed E-state index contributed by atoms with van der Waals surface area (Å²) in [6.45, 7) is -0.259. The topological polar surface area (TPSA) is 75.7 Å². The van der Waals surface area contributed by atoms with Crippen LogP contribution in [-0.4, -0.2) is 32.3 Å². The highest BCUT2D eigenvalue weighted by molar-refractivity contribution is 7.89. The Morgan fingerprint density at radius 2 is 1.52 bits per heavy atom. The lowest BCUT2D eigenvalue weighted by Gasteiger charge is -2.22. The lowest BCUT2D eigenvalue weighted by Crippen LogP contribution is -2.37. The van der Waals surface area contributed by atoms with E-state index in [0.717, 1.165) is 16.3 Å². The lowest BCUT2D eigenvalue weighted by molar-refractivity contribution is -0.116. The number of hydrogen-bond acceptors (Lipinski definition) is 4. The predicted molar refractivity (Wildman–Crippen MR) is 130 cm³/mol. The number of rotatable bonds is 8. The maximum atomic E-state index is 13.4. The molecular formula is C26H24N2O4S. The second-order valence-corrected chi connectivity index (χ2v) is 9.45. The summed E-state index contributed by atoms with van der Waals surface area (Å²) in [5, 5.41) is 4.76. The summed E-state index contributed by atoms with van der Waals surface area (Å²) in [5.41, 5.74) is 1.42. The fraction of sp³-hybridized carbons (Fsp3) is 0.115. The first-order valence-electron chi connectivity index (χ1n) is 10.4. The molecule has 0 spiro atoms. The molecule has 0 heterocycles. The number of hydrogen-bond donors (Lipinski definition) is 1. The number of carbonyl (C=O) groups excluding carboxylic acids is 1. The van der Waals surface area contributed by atoms with Crippen LogP contribution in [-0.2, 0) is 21.4 Å². The smallest absolute Gasteiger partial charge is 0.243 e. The summed E-state index contributed by atoms with van der Waals surface area (Å²) in [6.07, 6.45) is 0. The maximum absolute atomic E-state index is 13.4. The van der Waals surface area contributed by atoms with Crippen molar-refractivity contribution in [3.8, 4) is 5.75 Å². The minimum atomic E-state index is -3.94. The number of methoxy groups -OCH3 is 1. The second-order valence-electron chi connectivity index (χ2n) is 7.51. The summed E-state index contributed by atoms with van der Waals surface area (Å²) in [4.78, 5) is 13.1. The zero-order chi connectivity index (χ0) is 23.3. The second kappa shape index (κ2) is 9.85. The summed E-state index contributed by atoms with van der Waals surface area (Å²) >= 11 is 0. The Kier molecular flexibility index (Phi) is 6.72. The monoisotopic (exact) mass is 460 g/mol. The van der Waals surface area contributed by atoms with Gasteiger partial charge in [-0.25, -0.2) is 8.42 Å². The number of carbonyl (C=O) groups is 1. The standard InChI is InChI=1S/C26H24N2O4S/c1-32-22-14-16-23(17-15-22)33(30,31)28(18-20-8-3-2-4-9-20)19-26(29)27-25-13-7-11-21-10-5-6-12-24(21)25/h2-17H,18-19H2,1H3,(H,27,29). The van der Waals surface area contributed by atoms with Gasteiger partial charge in [-0.3, -0.25) is 4.79 Å². The summed E-state index contributed by atoms with van der Waals surface area (Å²) < 4.78 is 33.2. The fourth-order valence-corrected chi connectivity index (χ4v) is 4.98. The molecule has 168 valence electrons. The molecule has 0 aliphatic heterocycles. The first-order valence-corrected chi connectivity index (χ1v) is 11.9. The zero-order valence-corrected chi connectivity index (χ0v) is 19.0. The van der Waals surface area contributed by atoms with Crippen molar-refractivity contribution in [2.75, 3.05) is 19.0 Å². The van der Waals surface area contributed by atoms with Gasteiger partial charge in [0.2, 0.25) is 15.9 Å². The normalized spacial score (nSPS) is 11.5. The lowest BCUT2D eigenvalue weighted by atomic mass is 10.1. The van der Waals surface area contributed by atoms with E-state index in [-0.39, 0.29) is 18.0 Å². The van der Waals surface area contributed by atoms with Crippen molar-refractivity contribution in [1.82, 2.24) is 4.31 Å². The molecule has 0 bridgehead atoms. The molecule has 0 aliphatic carbocycles. The predicted octanol–water partition coefficient (Wildman–Crippen LogP) is 4.68. The van der Waals surface area contributed by atoms with Gasteiger partial charge in [0, 0.05) is 17.6 Å². The van der Waals surface area contributed by atoms with Crippen LogP contribution in [0, 0.1) is 0 Å². The highest BCUT2D eigenvalue weighted by Gasteiger charge is 2.27. The van der Waals surface area contributed by atoms with Crippen molar-refractivity contribution < 1.29 is 17.9 Å². The van der Waals surface area contributed by atoms with E-state index in [1.54, 1.807) is 18.2 Å². The average Bonchev–Trinajstić information content (AvgIpc) is 2.84. The molecule has 4 aromatic carbocycles. The van der Waals surface area contributed by atoms with Crippen molar-refractivity contribution in [1.29, 1.82) is 0 Å². The van der Waals surface area contributed by atoms with Crippen molar-refractivity contribution in [3.05, 3.63) is 103 Å². The largest absolute Gasteiger partial charge is 0.497 e. The average molecular weight is 461 g/mol. The third kappa shape index (κ3) is 5.22.